The first-order valence-electron chi connectivity index (χ1n) is 9.10. The summed E-state index contributed by atoms with van der Waals surface area (Å²) in [5.74, 6) is -1.50. The summed E-state index contributed by atoms with van der Waals surface area (Å²) in [6, 6.07) is 22.5. The molecule has 3 aromatic carbocycles. The third-order valence-electron chi connectivity index (χ3n) is 4.30. The Labute approximate surface area is 168 Å². The Morgan fingerprint density at radius 3 is 2.07 bits per heavy atom. The second-order valence-electron chi connectivity index (χ2n) is 6.41. The Hall–Kier alpha value is -3.93. The minimum absolute atomic E-state index is 0.0557. The summed E-state index contributed by atoms with van der Waals surface area (Å²) in [6.07, 6.45) is 0.484. The molecule has 6 nitrogen and oxygen atoms in total. The number of carboxylic acids is 1. The van der Waals surface area contributed by atoms with E-state index in [1.165, 1.54) is 0 Å². The standard InChI is InChI=1S/C23H20N2O4/c26-21(27)15-12-16-10-13-18(14-11-16)24-23(29)19-8-4-5-9-20(19)25-22(28)17-6-2-1-3-7-17/h1-11,13-14H,12,15H2,(H,24,29)(H,25,28)(H,26,27). The first-order valence-corrected chi connectivity index (χ1v) is 9.10. The van der Waals surface area contributed by atoms with Gasteiger partial charge in [0.25, 0.3) is 11.8 Å². The van der Waals surface area contributed by atoms with E-state index in [9.17, 15) is 14.4 Å². The first-order chi connectivity index (χ1) is 14.0. The number of carbonyl (C=O) groups is 3. The number of hydrogen-bond acceptors (Lipinski definition) is 3. The highest BCUT2D eigenvalue weighted by atomic mass is 16.4. The molecule has 3 aromatic rings. The largest absolute Gasteiger partial charge is 0.481 e. The van der Waals surface area contributed by atoms with Crippen LogP contribution < -0.4 is 10.6 Å². The van der Waals surface area contributed by atoms with E-state index in [2.05, 4.69) is 10.6 Å². The fourth-order valence-electron chi connectivity index (χ4n) is 2.78. The third kappa shape index (κ3) is 5.52. The van der Waals surface area contributed by atoms with Gasteiger partial charge in [0.15, 0.2) is 0 Å². The number of anilines is 2. The van der Waals surface area contributed by atoms with Gasteiger partial charge in [-0.1, -0.05) is 42.5 Å². The Morgan fingerprint density at radius 1 is 0.724 bits per heavy atom. The highest BCUT2D eigenvalue weighted by molar-refractivity contribution is 6.12. The Kier molecular flexibility index (Phi) is 6.37. The van der Waals surface area contributed by atoms with Gasteiger partial charge in [-0.15, -0.1) is 0 Å². The molecule has 29 heavy (non-hydrogen) atoms. The number of hydrogen-bond donors (Lipinski definition) is 3. The molecule has 146 valence electrons. The molecule has 0 radical (unpaired) electrons. The first kappa shape index (κ1) is 19.8. The van der Waals surface area contributed by atoms with Crippen molar-refractivity contribution in [3.63, 3.8) is 0 Å². The van der Waals surface area contributed by atoms with Crippen molar-refractivity contribution in [3.05, 3.63) is 95.6 Å². The molecule has 0 aromatic heterocycles. The SMILES string of the molecule is O=C(O)CCc1ccc(NC(=O)c2ccccc2NC(=O)c2ccccc2)cc1. The van der Waals surface area contributed by atoms with Crippen LogP contribution in [0.4, 0.5) is 11.4 Å². The number of benzene rings is 3. The topological polar surface area (TPSA) is 95.5 Å². The number of carbonyl (C=O) groups excluding carboxylic acids is 2. The number of nitrogens with one attached hydrogen (secondary N) is 2. The molecule has 0 atom stereocenters. The summed E-state index contributed by atoms with van der Waals surface area (Å²) >= 11 is 0. The van der Waals surface area contributed by atoms with Gasteiger partial charge in [0.1, 0.15) is 0 Å². The van der Waals surface area contributed by atoms with E-state index in [1.54, 1.807) is 72.8 Å². The Morgan fingerprint density at radius 2 is 1.38 bits per heavy atom. The van der Waals surface area contributed by atoms with Crippen LogP contribution in [0.15, 0.2) is 78.9 Å². The maximum Gasteiger partial charge on any atom is 0.303 e. The number of aryl methyl sites for hydroxylation is 1. The summed E-state index contributed by atoms with van der Waals surface area (Å²) in [7, 11) is 0. The molecule has 0 aliphatic rings. The predicted octanol–water partition coefficient (Wildman–Crippen LogP) is 4.21. The minimum atomic E-state index is -0.850. The maximum absolute atomic E-state index is 12.7. The molecule has 3 N–H and O–H groups in total. The summed E-state index contributed by atoms with van der Waals surface area (Å²) in [5, 5.41) is 14.3. The molecule has 6 heteroatoms. The van der Waals surface area contributed by atoms with Gasteiger partial charge in [0.05, 0.1) is 11.3 Å². The zero-order chi connectivity index (χ0) is 20.6. The molecule has 0 saturated heterocycles. The molecule has 3 rings (SSSR count). The average Bonchev–Trinajstić information content (AvgIpc) is 2.74. The molecule has 0 saturated carbocycles. The fraction of sp³-hybridized carbons (Fsp3) is 0.0870. The Balaban J connectivity index is 1.70. The number of aliphatic carboxylic acids is 1. The second kappa shape index (κ2) is 9.32. The van der Waals surface area contributed by atoms with Crippen LogP contribution in [0.3, 0.4) is 0 Å². The molecule has 0 unspecified atom stereocenters. The van der Waals surface area contributed by atoms with Gasteiger partial charge in [0, 0.05) is 17.7 Å². The van der Waals surface area contributed by atoms with Crippen LogP contribution in [-0.2, 0) is 11.2 Å². The maximum atomic E-state index is 12.7. The lowest BCUT2D eigenvalue weighted by molar-refractivity contribution is -0.136. The average molecular weight is 388 g/mol. The van der Waals surface area contributed by atoms with E-state index in [1.807, 2.05) is 6.07 Å². The van der Waals surface area contributed by atoms with Crippen LogP contribution in [0, 0.1) is 0 Å². The van der Waals surface area contributed by atoms with Crippen LogP contribution in [0.5, 0.6) is 0 Å². The predicted molar refractivity (Wildman–Crippen MR) is 111 cm³/mol. The molecule has 0 bridgehead atoms. The summed E-state index contributed by atoms with van der Waals surface area (Å²) in [4.78, 5) is 35.8. The summed E-state index contributed by atoms with van der Waals surface area (Å²) in [6.45, 7) is 0. The number of para-hydroxylation sites is 1. The van der Waals surface area contributed by atoms with Gasteiger partial charge in [-0.2, -0.15) is 0 Å². The zero-order valence-electron chi connectivity index (χ0n) is 15.6. The highest BCUT2D eigenvalue weighted by Gasteiger charge is 2.14. The Bertz CT molecular complexity index is 1010. The van der Waals surface area contributed by atoms with Gasteiger partial charge < -0.3 is 15.7 Å². The molecule has 0 aliphatic carbocycles. The van der Waals surface area contributed by atoms with Crippen molar-refractivity contribution in [1.82, 2.24) is 0 Å². The van der Waals surface area contributed by atoms with E-state index < -0.39 is 5.97 Å². The fourth-order valence-corrected chi connectivity index (χ4v) is 2.78. The van der Waals surface area contributed by atoms with Crippen molar-refractivity contribution in [3.8, 4) is 0 Å². The lowest BCUT2D eigenvalue weighted by Gasteiger charge is -2.12. The molecule has 0 heterocycles. The van der Waals surface area contributed by atoms with E-state index in [4.69, 9.17) is 5.11 Å². The van der Waals surface area contributed by atoms with Crippen LogP contribution >= 0.6 is 0 Å². The number of amides is 2. The number of carboxylic acid groups (broad SMARTS) is 1. The monoisotopic (exact) mass is 388 g/mol. The zero-order valence-corrected chi connectivity index (χ0v) is 15.6. The van der Waals surface area contributed by atoms with Crippen molar-refractivity contribution in [2.45, 2.75) is 12.8 Å². The van der Waals surface area contributed by atoms with E-state index in [-0.39, 0.29) is 18.2 Å². The van der Waals surface area contributed by atoms with Crippen LogP contribution in [0.25, 0.3) is 0 Å². The van der Waals surface area contributed by atoms with E-state index in [0.717, 1.165) is 5.56 Å². The van der Waals surface area contributed by atoms with Crippen LogP contribution in [0.1, 0.15) is 32.7 Å². The highest BCUT2D eigenvalue weighted by Crippen LogP contribution is 2.19. The van der Waals surface area contributed by atoms with E-state index >= 15 is 0 Å². The molecular formula is C23H20N2O4. The normalized spacial score (nSPS) is 10.2. The van der Waals surface area contributed by atoms with Gasteiger partial charge in [-0.3, -0.25) is 14.4 Å². The quantitative estimate of drug-likeness (QED) is 0.565. The lowest BCUT2D eigenvalue weighted by Crippen LogP contribution is -2.18. The summed E-state index contributed by atoms with van der Waals surface area (Å²) < 4.78 is 0. The summed E-state index contributed by atoms with van der Waals surface area (Å²) in [5.41, 5.74) is 2.71. The van der Waals surface area contributed by atoms with Crippen molar-refractivity contribution >= 4 is 29.2 Å². The smallest absolute Gasteiger partial charge is 0.303 e. The van der Waals surface area contributed by atoms with Crippen molar-refractivity contribution in [2.24, 2.45) is 0 Å². The second-order valence-corrected chi connectivity index (χ2v) is 6.41. The minimum Gasteiger partial charge on any atom is -0.481 e. The molecule has 2 amide bonds. The molecule has 0 fully saturated rings. The molecule has 0 spiro atoms. The van der Waals surface area contributed by atoms with Gasteiger partial charge in [-0.05, 0) is 48.4 Å². The van der Waals surface area contributed by atoms with E-state index in [0.29, 0.717) is 28.9 Å². The van der Waals surface area contributed by atoms with Crippen molar-refractivity contribution in [2.75, 3.05) is 10.6 Å². The van der Waals surface area contributed by atoms with Crippen molar-refractivity contribution in [1.29, 1.82) is 0 Å². The van der Waals surface area contributed by atoms with Crippen molar-refractivity contribution < 1.29 is 19.5 Å². The van der Waals surface area contributed by atoms with Gasteiger partial charge in [-0.25, -0.2) is 0 Å². The van der Waals surface area contributed by atoms with Gasteiger partial charge >= 0.3 is 5.97 Å². The van der Waals surface area contributed by atoms with Crippen LogP contribution in [0.2, 0.25) is 0 Å². The van der Waals surface area contributed by atoms with Crippen LogP contribution in [-0.4, -0.2) is 22.9 Å². The third-order valence-corrected chi connectivity index (χ3v) is 4.30. The lowest BCUT2D eigenvalue weighted by atomic mass is 10.1. The molecular weight excluding hydrogens is 368 g/mol. The molecule has 0 aliphatic heterocycles. The van der Waals surface area contributed by atoms with Gasteiger partial charge in [0.2, 0.25) is 0 Å². The number of rotatable bonds is 7.